The molecular weight excluding hydrogens is 406 g/mol. The summed E-state index contributed by atoms with van der Waals surface area (Å²) in [6.07, 6.45) is 5.56. The summed E-state index contributed by atoms with van der Waals surface area (Å²) in [6.45, 7) is 6.91. The van der Waals surface area contributed by atoms with Crippen LogP contribution >= 0.6 is 0 Å². The third kappa shape index (κ3) is 4.80. The van der Waals surface area contributed by atoms with Crippen LogP contribution in [0.4, 0.5) is 5.82 Å². The van der Waals surface area contributed by atoms with Gasteiger partial charge in [0.1, 0.15) is 12.4 Å². The van der Waals surface area contributed by atoms with Crippen LogP contribution in [0.25, 0.3) is 0 Å². The second-order valence-electron chi connectivity index (χ2n) is 8.73. The molecule has 8 nitrogen and oxygen atoms in total. The van der Waals surface area contributed by atoms with Crippen LogP contribution in [0.3, 0.4) is 0 Å². The fourth-order valence-electron chi connectivity index (χ4n) is 4.39. The molecule has 2 aliphatic rings. The first-order chi connectivity index (χ1) is 15.4. The number of nitrogens with zero attached hydrogens (tertiary/aromatic N) is 5. The van der Waals surface area contributed by atoms with Crippen molar-refractivity contribution in [2.24, 2.45) is 0 Å². The summed E-state index contributed by atoms with van der Waals surface area (Å²) in [4.78, 5) is 43.4. The Kier molecular flexibility index (Phi) is 6.79. The molecule has 1 unspecified atom stereocenters. The number of carbonyl (C=O) groups excluding carboxylic acids is 2. The fraction of sp³-hybridized carbons (Fsp3) is 0.542. The van der Waals surface area contributed by atoms with Crippen LogP contribution < -0.4 is 4.90 Å². The first kappa shape index (κ1) is 22.3. The summed E-state index contributed by atoms with van der Waals surface area (Å²) in [7, 11) is 0. The Bertz CT molecular complexity index is 979. The monoisotopic (exact) mass is 437 g/mol. The minimum Gasteiger partial charge on any atom is -0.369 e. The zero-order valence-electron chi connectivity index (χ0n) is 19.1. The first-order valence-electron chi connectivity index (χ1n) is 11.4. The number of ether oxygens (including phenoxy) is 1. The van der Waals surface area contributed by atoms with Gasteiger partial charge in [-0.2, -0.15) is 0 Å². The van der Waals surface area contributed by atoms with E-state index in [-0.39, 0.29) is 30.6 Å². The van der Waals surface area contributed by atoms with Crippen molar-refractivity contribution < 1.29 is 14.3 Å². The van der Waals surface area contributed by atoms with Gasteiger partial charge in [-0.1, -0.05) is 6.07 Å². The van der Waals surface area contributed by atoms with Crippen molar-refractivity contribution in [3.05, 3.63) is 47.2 Å². The first-order valence-corrected chi connectivity index (χ1v) is 11.4. The van der Waals surface area contributed by atoms with E-state index < -0.39 is 0 Å². The number of carbonyl (C=O) groups is 2. The predicted molar refractivity (Wildman–Crippen MR) is 120 cm³/mol. The molecule has 4 rings (SSSR count). The zero-order valence-corrected chi connectivity index (χ0v) is 19.1. The van der Waals surface area contributed by atoms with Crippen LogP contribution in [0.1, 0.15) is 68.3 Å². The number of rotatable bonds is 6. The van der Waals surface area contributed by atoms with E-state index in [0.29, 0.717) is 37.6 Å². The van der Waals surface area contributed by atoms with Crippen LogP contribution in [0.5, 0.6) is 0 Å². The molecule has 0 bridgehead atoms. The molecular formula is C24H31N5O3. The summed E-state index contributed by atoms with van der Waals surface area (Å²) in [6, 6.07) is 5.48. The van der Waals surface area contributed by atoms with Crippen molar-refractivity contribution in [1.82, 2.24) is 19.9 Å². The SMILES string of the molecule is Cc1nc(C2CCCCN2C(=O)COC(C)C)nc2c1CCC(=O)N2Cc1ccccn1. The molecule has 2 amide bonds. The molecule has 2 aromatic heterocycles. The fourth-order valence-corrected chi connectivity index (χ4v) is 4.39. The van der Waals surface area contributed by atoms with E-state index in [1.807, 2.05) is 43.9 Å². The van der Waals surface area contributed by atoms with Crippen LogP contribution in [0, 0.1) is 6.92 Å². The molecule has 2 aliphatic heterocycles. The Hall–Kier alpha value is -2.87. The highest BCUT2D eigenvalue weighted by atomic mass is 16.5. The van der Waals surface area contributed by atoms with E-state index in [1.54, 1.807) is 11.1 Å². The molecule has 0 radical (unpaired) electrons. The highest BCUT2D eigenvalue weighted by molar-refractivity contribution is 5.95. The van der Waals surface area contributed by atoms with Gasteiger partial charge >= 0.3 is 0 Å². The number of likely N-dealkylation sites (tertiary alicyclic amines) is 1. The quantitative estimate of drug-likeness (QED) is 0.690. The van der Waals surface area contributed by atoms with Crippen molar-refractivity contribution >= 4 is 17.6 Å². The lowest BCUT2D eigenvalue weighted by Gasteiger charge is -2.36. The van der Waals surface area contributed by atoms with Gasteiger partial charge < -0.3 is 9.64 Å². The van der Waals surface area contributed by atoms with Gasteiger partial charge in [-0.05, 0) is 58.6 Å². The summed E-state index contributed by atoms with van der Waals surface area (Å²) in [5.41, 5.74) is 2.69. The lowest BCUT2D eigenvalue weighted by atomic mass is 9.99. The molecule has 0 N–H and O–H groups in total. The maximum absolute atomic E-state index is 12.9. The lowest BCUT2D eigenvalue weighted by Crippen LogP contribution is -2.42. The molecule has 170 valence electrons. The van der Waals surface area contributed by atoms with Gasteiger partial charge in [-0.15, -0.1) is 0 Å². The maximum atomic E-state index is 12.9. The Morgan fingerprint density at radius 2 is 2.06 bits per heavy atom. The molecule has 0 saturated carbocycles. The van der Waals surface area contributed by atoms with E-state index in [4.69, 9.17) is 14.7 Å². The Morgan fingerprint density at radius 3 is 2.81 bits per heavy atom. The number of pyridine rings is 1. The third-order valence-corrected chi connectivity index (χ3v) is 6.06. The Balaban J connectivity index is 1.66. The maximum Gasteiger partial charge on any atom is 0.249 e. The second-order valence-corrected chi connectivity index (χ2v) is 8.73. The highest BCUT2D eigenvalue weighted by Gasteiger charge is 2.34. The van der Waals surface area contributed by atoms with E-state index in [2.05, 4.69) is 4.98 Å². The van der Waals surface area contributed by atoms with Gasteiger partial charge in [-0.3, -0.25) is 19.5 Å². The predicted octanol–water partition coefficient (Wildman–Crippen LogP) is 3.14. The van der Waals surface area contributed by atoms with Crippen LogP contribution in [-0.4, -0.2) is 50.9 Å². The standard InChI is InChI=1S/C24H31N5O3/c1-16(2)32-15-22(31)28-13-7-5-9-20(28)23-26-17(3)19-10-11-21(30)29(24(19)27-23)14-18-8-4-6-12-25-18/h4,6,8,12,16,20H,5,7,9-11,13-15H2,1-3H3. The average molecular weight is 438 g/mol. The summed E-state index contributed by atoms with van der Waals surface area (Å²) >= 11 is 0. The number of aromatic nitrogens is 3. The average Bonchev–Trinajstić information content (AvgIpc) is 2.80. The minimum absolute atomic E-state index is 0.00408. The molecule has 0 aromatic carbocycles. The van der Waals surface area contributed by atoms with Crippen LogP contribution in [-0.2, 0) is 27.3 Å². The molecule has 8 heteroatoms. The van der Waals surface area contributed by atoms with Crippen LogP contribution in [0.15, 0.2) is 24.4 Å². The topological polar surface area (TPSA) is 88.5 Å². The van der Waals surface area contributed by atoms with Crippen molar-refractivity contribution in [2.75, 3.05) is 18.1 Å². The second kappa shape index (κ2) is 9.73. The highest BCUT2D eigenvalue weighted by Crippen LogP contribution is 2.34. The van der Waals surface area contributed by atoms with Crippen molar-refractivity contribution in [3.8, 4) is 0 Å². The Labute approximate surface area is 189 Å². The molecule has 32 heavy (non-hydrogen) atoms. The zero-order chi connectivity index (χ0) is 22.7. The molecule has 1 saturated heterocycles. The van der Waals surface area contributed by atoms with E-state index >= 15 is 0 Å². The largest absolute Gasteiger partial charge is 0.369 e. The molecule has 4 heterocycles. The van der Waals surface area contributed by atoms with Gasteiger partial charge in [0, 0.05) is 30.4 Å². The smallest absolute Gasteiger partial charge is 0.249 e. The third-order valence-electron chi connectivity index (χ3n) is 6.06. The number of hydrogen-bond donors (Lipinski definition) is 0. The lowest BCUT2D eigenvalue weighted by molar-refractivity contribution is -0.141. The number of anilines is 1. The van der Waals surface area contributed by atoms with E-state index in [9.17, 15) is 9.59 Å². The van der Waals surface area contributed by atoms with Gasteiger partial charge in [0.2, 0.25) is 11.8 Å². The number of aryl methyl sites for hydroxylation is 1. The molecule has 1 fully saturated rings. The van der Waals surface area contributed by atoms with Gasteiger partial charge in [0.05, 0.1) is 24.4 Å². The Morgan fingerprint density at radius 1 is 1.22 bits per heavy atom. The molecule has 1 atom stereocenters. The van der Waals surface area contributed by atoms with Crippen LogP contribution in [0.2, 0.25) is 0 Å². The molecule has 0 spiro atoms. The van der Waals surface area contributed by atoms with Crippen molar-refractivity contribution in [2.45, 2.75) is 71.6 Å². The van der Waals surface area contributed by atoms with E-state index in [0.717, 1.165) is 36.2 Å². The van der Waals surface area contributed by atoms with Crippen molar-refractivity contribution in [1.29, 1.82) is 0 Å². The van der Waals surface area contributed by atoms with Gasteiger partial charge in [0.15, 0.2) is 5.82 Å². The summed E-state index contributed by atoms with van der Waals surface area (Å²) in [5, 5.41) is 0. The number of hydrogen-bond acceptors (Lipinski definition) is 6. The summed E-state index contributed by atoms with van der Waals surface area (Å²) in [5.74, 6) is 1.27. The van der Waals surface area contributed by atoms with Gasteiger partial charge in [0.25, 0.3) is 0 Å². The number of piperidine rings is 1. The van der Waals surface area contributed by atoms with E-state index in [1.165, 1.54) is 0 Å². The van der Waals surface area contributed by atoms with Crippen molar-refractivity contribution in [3.63, 3.8) is 0 Å². The normalized spacial score (nSPS) is 18.8. The number of fused-ring (bicyclic) bond motifs is 1. The number of amides is 2. The minimum atomic E-state index is -0.204. The van der Waals surface area contributed by atoms with Gasteiger partial charge in [-0.25, -0.2) is 9.97 Å². The summed E-state index contributed by atoms with van der Waals surface area (Å²) < 4.78 is 5.56. The molecule has 0 aliphatic carbocycles. The molecule has 2 aromatic rings.